The van der Waals surface area contributed by atoms with Crippen LogP contribution in [0.2, 0.25) is 0 Å². The number of rotatable bonds is 5. The molecule has 0 unspecified atom stereocenters. The van der Waals surface area contributed by atoms with Crippen LogP contribution in [0, 0.1) is 5.92 Å². The van der Waals surface area contributed by atoms with E-state index in [4.69, 9.17) is 9.47 Å². The molecule has 0 fully saturated rings. The number of amides is 1. The molecule has 1 amide bonds. The van der Waals surface area contributed by atoms with Crippen molar-refractivity contribution in [3.8, 4) is 11.5 Å². The van der Waals surface area contributed by atoms with Crippen molar-refractivity contribution in [3.05, 3.63) is 53.9 Å². The second-order valence-electron chi connectivity index (χ2n) is 5.87. The summed E-state index contributed by atoms with van der Waals surface area (Å²) in [5, 5.41) is 0. The first-order valence-corrected chi connectivity index (χ1v) is 8.19. The molecule has 1 aromatic carbocycles. The van der Waals surface area contributed by atoms with Gasteiger partial charge in [0.25, 0.3) is 0 Å². The van der Waals surface area contributed by atoms with E-state index in [9.17, 15) is 4.79 Å². The van der Waals surface area contributed by atoms with Crippen LogP contribution >= 0.6 is 0 Å². The fourth-order valence-corrected chi connectivity index (χ4v) is 3.03. The minimum Gasteiger partial charge on any atom is -0.493 e. The predicted molar refractivity (Wildman–Crippen MR) is 91.0 cm³/mol. The van der Waals surface area contributed by atoms with Crippen molar-refractivity contribution in [2.45, 2.75) is 19.9 Å². The topological polar surface area (TPSA) is 51.7 Å². The first-order chi connectivity index (χ1) is 11.7. The molecule has 1 aromatic heterocycles. The Morgan fingerprint density at radius 2 is 2.12 bits per heavy atom. The second-order valence-corrected chi connectivity index (χ2v) is 5.87. The highest BCUT2D eigenvalue weighted by Crippen LogP contribution is 2.36. The van der Waals surface area contributed by atoms with E-state index in [2.05, 4.69) is 4.98 Å². The summed E-state index contributed by atoms with van der Waals surface area (Å²) in [6.45, 7) is 3.65. The van der Waals surface area contributed by atoms with E-state index in [1.807, 2.05) is 42.2 Å². The summed E-state index contributed by atoms with van der Waals surface area (Å²) in [5.74, 6) is 1.46. The van der Waals surface area contributed by atoms with Gasteiger partial charge in [0.1, 0.15) is 6.61 Å². The molecular formula is C19H22N2O3. The number of hydrogen-bond donors (Lipinski definition) is 0. The molecule has 2 aromatic rings. The zero-order valence-corrected chi connectivity index (χ0v) is 14.1. The summed E-state index contributed by atoms with van der Waals surface area (Å²) in [4.78, 5) is 18.8. The fourth-order valence-electron chi connectivity index (χ4n) is 3.03. The Morgan fingerprint density at radius 1 is 1.33 bits per heavy atom. The average Bonchev–Trinajstić information content (AvgIpc) is 2.65. The van der Waals surface area contributed by atoms with Crippen molar-refractivity contribution < 1.29 is 14.3 Å². The zero-order chi connectivity index (χ0) is 16.9. The molecule has 0 saturated heterocycles. The first kappa shape index (κ1) is 16.3. The third-order valence-corrected chi connectivity index (χ3v) is 4.34. The molecule has 3 rings (SSSR count). The van der Waals surface area contributed by atoms with E-state index in [1.165, 1.54) is 0 Å². The lowest BCUT2D eigenvalue weighted by atomic mass is 9.95. The number of para-hydroxylation sites is 1. The number of pyridine rings is 1. The van der Waals surface area contributed by atoms with Crippen LogP contribution in [-0.2, 0) is 17.8 Å². The van der Waals surface area contributed by atoms with Crippen LogP contribution in [0.5, 0.6) is 11.5 Å². The van der Waals surface area contributed by atoms with Gasteiger partial charge in [-0.25, -0.2) is 0 Å². The third-order valence-electron chi connectivity index (χ3n) is 4.34. The molecule has 126 valence electrons. The van der Waals surface area contributed by atoms with E-state index in [-0.39, 0.29) is 11.8 Å². The third kappa shape index (κ3) is 3.35. The summed E-state index contributed by atoms with van der Waals surface area (Å²) in [6.07, 6.45) is 4.18. The van der Waals surface area contributed by atoms with Gasteiger partial charge in [0.2, 0.25) is 5.91 Å². The Kier molecular flexibility index (Phi) is 4.99. The molecule has 1 aliphatic heterocycles. The van der Waals surface area contributed by atoms with Gasteiger partial charge in [-0.3, -0.25) is 9.78 Å². The van der Waals surface area contributed by atoms with Crippen molar-refractivity contribution in [1.82, 2.24) is 9.88 Å². The molecule has 1 atom stereocenters. The Bertz CT molecular complexity index is 703. The van der Waals surface area contributed by atoms with Gasteiger partial charge >= 0.3 is 0 Å². The van der Waals surface area contributed by atoms with Gasteiger partial charge in [-0.2, -0.15) is 0 Å². The van der Waals surface area contributed by atoms with E-state index in [1.54, 1.807) is 19.5 Å². The number of aromatic nitrogens is 1. The van der Waals surface area contributed by atoms with Crippen molar-refractivity contribution in [2.24, 2.45) is 5.92 Å². The van der Waals surface area contributed by atoms with Gasteiger partial charge in [-0.1, -0.05) is 12.1 Å². The first-order valence-electron chi connectivity index (χ1n) is 8.19. The number of hydrogen-bond acceptors (Lipinski definition) is 4. The molecule has 0 radical (unpaired) electrons. The van der Waals surface area contributed by atoms with Crippen LogP contribution < -0.4 is 9.47 Å². The van der Waals surface area contributed by atoms with Crippen molar-refractivity contribution in [3.63, 3.8) is 0 Å². The number of fused-ring (bicyclic) bond motifs is 1. The van der Waals surface area contributed by atoms with Gasteiger partial charge in [0.15, 0.2) is 11.5 Å². The number of benzene rings is 1. The highest BCUT2D eigenvalue weighted by Gasteiger charge is 2.30. The average molecular weight is 326 g/mol. The number of carbonyl (C=O) groups is 1. The predicted octanol–water partition coefficient (Wildman–Crippen LogP) is 2.69. The normalized spacial score (nSPS) is 16.0. The summed E-state index contributed by atoms with van der Waals surface area (Å²) in [6, 6.07) is 9.68. The maximum atomic E-state index is 12.9. The van der Waals surface area contributed by atoms with Gasteiger partial charge in [0.05, 0.1) is 13.0 Å². The fraction of sp³-hybridized carbons (Fsp3) is 0.368. The van der Waals surface area contributed by atoms with Gasteiger partial charge in [-0.05, 0) is 42.7 Å². The molecule has 5 heteroatoms. The molecule has 24 heavy (non-hydrogen) atoms. The van der Waals surface area contributed by atoms with Gasteiger partial charge in [-0.15, -0.1) is 0 Å². The molecule has 0 aliphatic carbocycles. The maximum absolute atomic E-state index is 12.9. The van der Waals surface area contributed by atoms with Gasteiger partial charge in [0, 0.05) is 25.5 Å². The smallest absolute Gasteiger partial charge is 0.229 e. The summed E-state index contributed by atoms with van der Waals surface area (Å²) in [5.41, 5.74) is 2.11. The molecule has 0 bridgehead atoms. The van der Waals surface area contributed by atoms with Crippen LogP contribution in [0.1, 0.15) is 18.1 Å². The Morgan fingerprint density at radius 3 is 2.83 bits per heavy atom. The summed E-state index contributed by atoms with van der Waals surface area (Å²) < 4.78 is 11.2. The molecule has 1 aliphatic rings. The van der Waals surface area contributed by atoms with Crippen molar-refractivity contribution in [1.29, 1.82) is 0 Å². The van der Waals surface area contributed by atoms with Crippen LogP contribution in [0.4, 0.5) is 0 Å². The Balaban J connectivity index is 1.73. The van der Waals surface area contributed by atoms with Crippen molar-refractivity contribution in [2.75, 3.05) is 20.3 Å². The lowest BCUT2D eigenvalue weighted by molar-refractivity contribution is -0.137. The second kappa shape index (κ2) is 7.34. The standard InChI is InChI=1S/C19H22N2O3/c1-3-21(12-14-7-9-20-10-8-14)19(22)16-11-15-5-4-6-17(23-2)18(15)24-13-16/h4-10,16H,3,11-13H2,1-2H3/t16-/m0/s1. The minimum absolute atomic E-state index is 0.128. The lowest BCUT2D eigenvalue weighted by Crippen LogP contribution is -2.40. The summed E-state index contributed by atoms with van der Waals surface area (Å²) >= 11 is 0. The van der Waals surface area contributed by atoms with Crippen LogP contribution in [0.15, 0.2) is 42.7 Å². The minimum atomic E-state index is -0.161. The Hall–Kier alpha value is -2.56. The Labute approximate surface area is 142 Å². The number of carbonyl (C=O) groups excluding carboxylic acids is 1. The SMILES string of the molecule is CCN(Cc1ccncc1)C(=O)[C@@H]1COc2c(cccc2OC)C1. The van der Waals surface area contributed by atoms with E-state index in [0.717, 1.165) is 22.6 Å². The van der Waals surface area contributed by atoms with Crippen LogP contribution in [0.3, 0.4) is 0 Å². The largest absolute Gasteiger partial charge is 0.493 e. The van der Waals surface area contributed by atoms with E-state index >= 15 is 0 Å². The molecular weight excluding hydrogens is 304 g/mol. The van der Waals surface area contributed by atoms with Crippen molar-refractivity contribution >= 4 is 5.91 Å². The molecule has 2 heterocycles. The zero-order valence-electron chi connectivity index (χ0n) is 14.1. The number of ether oxygens (including phenoxy) is 2. The van der Waals surface area contributed by atoms with Crippen LogP contribution in [-0.4, -0.2) is 36.1 Å². The number of nitrogens with zero attached hydrogens (tertiary/aromatic N) is 2. The molecule has 0 saturated carbocycles. The summed E-state index contributed by atoms with van der Waals surface area (Å²) in [7, 11) is 1.63. The maximum Gasteiger partial charge on any atom is 0.229 e. The van der Waals surface area contributed by atoms with E-state index < -0.39 is 0 Å². The van der Waals surface area contributed by atoms with Gasteiger partial charge < -0.3 is 14.4 Å². The van der Waals surface area contributed by atoms with E-state index in [0.29, 0.717) is 26.1 Å². The molecule has 0 spiro atoms. The lowest BCUT2D eigenvalue weighted by Gasteiger charge is -2.30. The monoisotopic (exact) mass is 326 g/mol. The highest BCUT2D eigenvalue weighted by molar-refractivity contribution is 5.80. The quantitative estimate of drug-likeness (QED) is 0.848. The number of methoxy groups -OCH3 is 1. The highest BCUT2D eigenvalue weighted by atomic mass is 16.5. The molecule has 5 nitrogen and oxygen atoms in total. The van der Waals surface area contributed by atoms with Crippen LogP contribution in [0.25, 0.3) is 0 Å². The molecule has 0 N–H and O–H groups in total.